The molecule has 0 aliphatic carbocycles. The molecule has 82 valence electrons. The van der Waals surface area contributed by atoms with Crippen molar-refractivity contribution in [2.45, 2.75) is 13.0 Å². The number of carboxylic acid groups (broad SMARTS) is 1. The highest BCUT2D eigenvalue weighted by Gasteiger charge is 2.20. The van der Waals surface area contributed by atoms with Crippen LogP contribution in [0.15, 0.2) is 6.07 Å². The van der Waals surface area contributed by atoms with E-state index >= 15 is 0 Å². The van der Waals surface area contributed by atoms with Gasteiger partial charge >= 0.3 is 5.97 Å². The van der Waals surface area contributed by atoms with Gasteiger partial charge in [0.25, 0.3) is 6.43 Å². The lowest BCUT2D eigenvalue weighted by Gasteiger charge is -2.06. The lowest BCUT2D eigenvalue weighted by molar-refractivity contribution is 0.0694. The number of hydrogen-bond acceptors (Lipinski definition) is 3. The maximum atomic E-state index is 12.9. The minimum Gasteiger partial charge on any atom is -0.478 e. The van der Waals surface area contributed by atoms with E-state index in [1.165, 1.54) is 0 Å². The van der Waals surface area contributed by atoms with Crippen LogP contribution < -0.4 is 5.73 Å². The minimum atomic E-state index is -3.11. The maximum Gasteiger partial charge on any atom is 0.337 e. The van der Waals surface area contributed by atoms with Gasteiger partial charge in [0.05, 0.1) is 16.8 Å². The zero-order chi connectivity index (χ0) is 11.6. The van der Waals surface area contributed by atoms with E-state index in [-0.39, 0.29) is 12.2 Å². The number of nitrogens with zero attached hydrogens (tertiary/aromatic N) is 1. The number of carbonyl (C=O) groups is 1. The molecular formula is C8H7F3N2O2. The molecule has 0 saturated heterocycles. The van der Waals surface area contributed by atoms with Gasteiger partial charge in [0.2, 0.25) is 5.95 Å². The molecule has 7 heteroatoms. The van der Waals surface area contributed by atoms with E-state index in [1.807, 2.05) is 0 Å². The van der Waals surface area contributed by atoms with E-state index in [0.717, 1.165) is 0 Å². The van der Waals surface area contributed by atoms with E-state index < -0.39 is 29.5 Å². The predicted octanol–water partition coefficient (Wildman–Crippen LogP) is 1.32. The first kappa shape index (κ1) is 11.4. The van der Waals surface area contributed by atoms with E-state index in [4.69, 9.17) is 10.8 Å². The molecule has 3 N–H and O–H groups in total. The van der Waals surface area contributed by atoms with Gasteiger partial charge in [-0.25, -0.2) is 18.6 Å². The molecule has 1 heterocycles. The van der Waals surface area contributed by atoms with Gasteiger partial charge in [-0.15, -0.1) is 0 Å². The minimum absolute atomic E-state index is 0.260. The van der Waals surface area contributed by atoms with Crippen LogP contribution in [0.25, 0.3) is 0 Å². The first-order chi connectivity index (χ1) is 6.97. The number of halogens is 3. The molecule has 0 bridgehead atoms. The van der Waals surface area contributed by atoms with Crippen LogP contribution in [0.3, 0.4) is 0 Å². The molecule has 0 unspecified atom stereocenters. The zero-order valence-electron chi connectivity index (χ0n) is 7.38. The summed E-state index contributed by atoms with van der Waals surface area (Å²) in [5.74, 6) is -2.86. The number of aromatic nitrogens is 1. The predicted molar refractivity (Wildman–Crippen MR) is 44.0 cm³/mol. The van der Waals surface area contributed by atoms with Gasteiger partial charge < -0.3 is 10.8 Å². The molecule has 0 saturated carbocycles. The summed E-state index contributed by atoms with van der Waals surface area (Å²) >= 11 is 0. The summed E-state index contributed by atoms with van der Waals surface area (Å²) in [6.45, 7) is -0.331. The van der Waals surface area contributed by atoms with Crippen molar-refractivity contribution in [1.29, 1.82) is 0 Å². The van der Waals surface area contributed by atoms with E-state index in [2.05, 4.69) is 4.98 Å². The number of alkyl halides is 2. The smallest absolute Gasteiger partial charge is 0.337 e. The fraction of sp³-hybridized carbons (Fsp3) is 0.250. The van der Waals surface area contributed by atoms with Crippen molar-refractivity contribution in [1.82, 2.24) is 4.98 Å². The molecule has 1 aromatic rings. The Balaban J connectivity index is 3.37. The van der Waals surface area contributed by atoms with E-state index in [9.17, 15) is 18.0 Å². The molecule has 0 aliphatic rings. The molecule has 0 spiro atoms. The van der Waals surface area contributed by atoms with Crippen molar-refractivity contribution in [2.24, 2.45) is 5.73 Å². The third-order valence-corrected chi connectivity index (χ3v) is 1.74. The Morgan fingerprint density at radius 1 is 1.60 bits per heavy atom. The molecule has 1 rings (SSSR count). The van der Waals surface area contributed by atoms with Crippen molar-refractivity contribution < 1.29 is 23.1 Å². The molecule has 15 heavy (non-hydrogen) atoms. The number of nitrogens with two attached hydrogens (primary N) is 1. The molecule has 4 nitrogen and oxygen atoms in total. The third-order valence-electron chi connectivity index (χ3n) is 1.74. The summed E-state index contributed by atoms with van der Waals surface area (Å²) in [6.07, 6.45) is -3.11. The Morgan fingerprint density at radius 3 is 2.60 bits per heavy atom. The highest BCUT2D eigenvalue weighted by Crippen LogP contribution is 2.23. The van der Waals surface area contributed by atoms with Gasteiger partial charge in [-0.2, -0.15) is 4.39 Å². The molecule has 0 aromatic carbocycles. The first-order valence-corrected chi connectivity index (χ1v) is 3.88. The molecule has 0 amide bonds. The Hall–Kier alpha value is -1.63. The number of aromatic carboxylic acids is 1. The summed E-state index contributed by atoms with van der Waals surface area (Å²) in [4.78, 5) is 13.7. The summed E-state index contributed by atoms with van der Waals surface area (Å²) in [7, 11) is 0. The van der Waals surface area contributed by atoms with E-state index in [0.29, 0.717) is 6.07 Å². The summed E-state index contributed by atoms with van der Waals surface area (Å²) < 4.78 is 37.3. The third kappa shape index (κ3) is 2.24. The molecule has 1 aromatic heterocycles. The quantitative estimate of drug-likeness (QED) is 0.753. The standard InChI is InChI=1S/C8H7F3N2O2/c9-6(10)4-1-3(8(14)15)5(2-12)13-7(4)11/h1,6H,2,12H2,(H,14,15). The fourth-order valence-corrected chi connectivity index (χ4v) is 1.04. The van der Waals surface area contributed by atoms with Crippen molar-refractivity contribution in [2.75, 3.05) is 0 Å². The lowest BCUT2D eigenvalue weighted by atomic mass is 10.1. The van der Waals surface area contributed by atoms with Gasteiger partial charge in [-0.05, 0) is 6.07 Å². The van der Waals surface area contributed by atoms with Crippen LogP contribution in [0.1, 0.15) is 28.0 Å². The van der Waals surface area contributed by atoms with Crippen molar-refractivity contribution in [3.8, 4) is 0 Å². The van der Waals surface area contributed by atoms with Gasteiger partial charge in [-0.3, -0.25) is 0 Å². The van der Waals surface area contributed by atoms with Crippen LogP contribution in [0.4, 0.5) is 13.2 Å². The number of carboxylic acids is 1. The largest absolute Gasteiger partial charge is 0.478 e. The maximum absolute atomic E-state index is 12.9. The Kier molecular flexibility index (Phi) is 3.25. The molecular weight excluding hydrogens is 213 g/mol. The number of pyridine rings is 1. The SMILES string of the molecule is NCc1nc(F)c(C(F)F)cc1C(=O)O. The molecule has 0 aliphatic heterocycles. The average Bonchev–Trinajstić information content (AvgIpc) is 2.16. The molecule has 0 radical (unpaired) electrons. The second-order valence-electron chi connectivity index (χ2n) is 2.67. The van der Waals surface area contributed by atoms with Gasteiger partial charge in [0.15, 0.2) is 0 Å². The Labute approximate surface area is 82.5 Å². The van der Waals surface area contributed by atoms with Crippen LogP contribution in [-0.4, -0.2) is 16.1 Å². The highest BCUT2D eigenvalue weighted by atomic mass is 19.3. The Bertz CT molecular complexity index is 396. The van der Waals surface area contributed by atoms with Crippen LogP contribution >= 0.6 is 0 Å². The lowest BCUT2D eigenvalue weighted by Crippen LogP contribution is -2.12. The van der Waals surface area contributed by atoms with Crippen molar-refractivity contribution in [3.63, 3.8) is 0 Å². The second-order valence-corrected chi connectivity index (χ2v) is 2.67. The number of hydrogen-bond donors (Lipinski definition) is 2. The van der Waals surface area contributed by atoms with Crippen LogP contribution in [-0.2, 0) is 6.54 Å². The average molecular weight is 220 g/mol. The van der Waals surface area contributed by atoms with Gasteiger partial charge in [0, 0.05) is 6.54 Å². The second kappa shape index (κ2) is 4.26. The molecule has 0 atom stereocenters. The summed E-state index contributed by atoms with van der Waals surface area (Å²) in [6, 6.07) is 0.553. The van der Waals surface area contributed by atoms with Crippen molar-refractivity contribution >= 4 is 5.97 Å². The first-order valence-electron chi connectivity index (χ1n) is 3.88. The van der Waals surface area contributed by atoms with Crippen LogP contribution in [0, 0.1) is 5.95 Å². The summed E-state index contributed by atoms with van der Waals surface area (Å²) in [5.41, 5.74) is 3.30. The normalized spacial score (nSPS) is 10.7. The topological polar surface area (TPSA) is 76.2 Å². The monoisotopic (exact) mass is 220 g/mol. The molecule has 0 fully saturated rings. The zero-order valence-corrected chi connectivity index (χ0v) is 7.38. The Morgan fingerprint density at radius 2 is 2.20 bits per heavy atom. The van der Waals surface area contributed by atoms with Gasteiger partial charge in [0.1, 0.15) is 0 Å². The summed E-state index contributed by atoms with van der Waals surface area (Å²) in [5, 5.41) is 8.63. The van der Waals surface area contributed by atoms with Crippen molar-refractivity contribution in [3.05, 3.63) is 28.8 Å². The number of rotatable bonds is 3. The van der Waals surface area contributed by atoms with E-state index in [1.54, 1.807) is 0 Å². The highest BCUT2D eigenvalue weighted by molar-refractivity contribution is 5.89. The van der Waals surface area contributed by atoms with Crippen LogP contribution in [0.5, 0.6) is 0 Å². The van der Waals surface area contributed by atoms with Crippen LogP contribution in [0.2, 0.25) is 0 Å². The fourth-order valence-electron chi connectivity index (χ4n) is 1.04. The van der Waals surface area contributed by atoms with Gasteiger partial charge in [-0.1, -0.05) is 0 Å².